The van der Waals surface area contributed by atoms with Gasteiger partial charge < -0.3 is 5.73 Å². The molecule has 0 atom stereocenters. The second kappa shape index (κ2) is 3.09. The molecule has 0 aliphatic heterocycles. The van der Waals surface area contributed by atoms with Crippen molar-refractivity contribution < 1.29 is 4.39 Å². The Labute approximate surface area is 70.0 Å². The molecule has 0 radical (unpaired) electrons. The van der Waals surface area contributed by atoms with Gasteiger partial charge in [-0.05, 0) is 24.1 Å². The van der Waals surface area contributed by atoms with Crippen molar-refractivity contribution in [1.82, 2.24) is 0 Å². The molecular weight excluding hydrogens is 165 g/mol. The van der Waals surface area contributed by atoms with E-state index in [0.29, 0.717) is 5.69 Å². The van der Waals surface area contributed by atoms with Gasteiger partial charge in [0.15, 0.2) is 0 Å². The van der Waals surface area contributed by atoms with Gasteiger partial charge in [-0.2, -0.15) is 0 Å². The van der Waals surface area contributed by atoms with E-state index in [1.807, 2.05) is 6.92 Å². The summed E-state index contributed by atoms with van der Waals surface area (Å²) in [5, 5.41) is 0.135. The van der Waals surface area contributed by atoms with Crippen LogP contribution in [0.3, 0.4) is 0 Å². The van der Waals surface area contributed by atoms with E-state index in [9.17, 15) is 4.39 Å². The third-order valence-electron chi connectivity index (χ3n) is 1.56. The van der Waals surface area contributed by atoms with Gasteiger partial charge in [0.2, 0.25) is 0 Å². The molecule has 0 saturated carbocycles. The third kappa shape index (κ3) is 1.63. The normalized spacial score (nSPS) is 10.1. The van der Waals surface area contributed by atoms with Crippen LogP contribution < -0.4 is 5.73 Å². The van der Waals surface area contributed by atoms with Gasteiger partial charge in [0.25, 0.3) is 0 Å². The summed E-state index contributed by atoms with van der Waals surface area (Å²) in [4.78, 5) is 0. The summed E-state index contributed by atoms with van der Waals surface area (Å²) >= 11 is 5.53. The second-order valence-electron chi connectivity index (χ2n) is 2.32. The fraction of sp³-hybridized carbons (Fsp3) is 0.250. The minimum Gasteiger partial charge on any atom is -0.398 e. The quantitative estimate of drug-likeness (QED) is 0.650. The van der Waals surface area contributed by atoms with E-state index in [1.54, 1.807) is 6.07 Å². The Morgan fingerprint density at radius 3 is 2.73 bits per heavy atom. The molecule has 0 amide bonds. The van der Waals surface area contributed by atoms with Crippen molar-refractivity contribution in [2.75, 3.05) is 5.73 Å². The molecule has 0 saturated heterocycles. The van der Waals surface area contributed by atoms with Crippen LogP contribution in [0.5, 0.6) is 0 Å². The first kappa shape index (κ1) is 8.34. The van der Waals surface area contributed by atoms with Gasteiger partial charge in [0, 0.05) is 5.69 Å². The fourth-order valence-electron chi connectivity index (χ4n) is 0.910. The molecule has 1 rings (SSSR count). The van der Waals surface area contributed by atoms with Crippen molar-refractivity contribution >= 4 is 17.3 Å². The SMILES string of the molecule is CCc1cc(Cl)c(F)cc1N. The highest BCUT2D eigenvalue weighted by Gasteiger charge is 2.03. The molecule has 2 N–H and O–H groups in total. The number of benzene rings is 1. The maximum atomic E-state index is 12.7. The second-order valence-corrected chi connectivity index (χ2v) is 2.73. The molecule has 1 aromatic carbocycles. The molecule has 11 heavy (non-hydrogen) atoms. The van der Waals surface area contributed by atoms with Crippen LogP contribution in [0.4, 0.5) is 10.1 Å². The van der Waals surface area contributed by atoms with Crippen LogP contribution >= 0.6 is 11.6 Å². The monoisotopic (exact) mass is 173 g/mol. The first-order valence-corrected chi connectivity index (χ1v) is 3.76. The number of nitrogens with two attached hydrogens (primary N) is 1. The van der Waals surface area contributed by atoms with Crippen LogP contribution in [0.25, 0.3) is 0 Å². The number of hydrogen-bond donors (Lipinski definition) is 1. The van der Waals surface area contributed by atoms with Gasteiger partial charge in [0.1, 0.15) is 5.82 Å². The smallest absolute Gasteiger partial charge is 0.143 e. The van der Waals surface area contributed by atoms with Gasteiger partial charge in [-0.1, -0.05) is 18.5 Å². The van der Waals surface area contributed by atoms with Crippen LogP contribution in [0.1, 0.15) is 12.5 Å². The van der Waals surface area contributed by atoms with Crippen LogP contribution in [0.15, 0.2) is 12.1 Å². The molecule has 0 aliphatic rings. The molecular formula is C8H9ClFN. The lowest BCUT2D eigenvalue weighted by molar-refractivity contribution is 0.628. The zero-order valence-electron chi connectivity index (χ0n) is 6.20. The standard InChI is InChI=1S/C8H9ClFN/c1-2-5-3-6(9)7(10)4-8(5)11/h3-4H,2,11H2,1H3. The summed E-state index contributed by atoms with van der Waals surface area (Å²) in [5.74, 6) is -0.457. The maximum absolute atomic E-state index is 12.7. The number of hydrogen-bond acceptors (Lipinski definition) is 1. The third-order valence-corrected chi connectivity index (χ3v) is 1.85. The van der Waals surface area contributed by atoms with Crippen molar-refractivity contribution in [1.29, 1.82) is 0 Å². The predicted molar refractivity (Wildman–Crippen MR) is 45.2 cm³/mol. The van der Waals surface area contributed by atoms with E-state index < -0.39 is 5.82 Å². The average molecular weight is 174 g/mol. The van der Waals surface area contributed by atoms with E-state index in [2.05, 4.69) is 0 Å². The number of nitrogen functional groups attached to an aromatic ring is 1. The van der Waals surface area contributed by atoms with E-state index in [0.717, 1.165) is 12.0 Å². The molecule has 1 aromatic rings. The number of anilines is 1. The molecule has 0 bridgehead atoms. The number of rotatable bonds is 1. The summed E-state index contributed by atoms with van der Waals surface area (Å²) in [6, 6.07) is 2.81. The topological polar surface area (TPSA) is 26.0 Å². The van der Waals surface area contributed by atoms with Crippen molar-refractivity contribution in [3.63, 3.8) is 0 Å². The maximum Gasteiger partial charge on any atom is 0.143 e. The molecule has 0 fully saturated rings. The first-order valence-electron chi connectivity index (χ1n) is 3.38. The Morgan fingerprint density at radius 2 is 2.18 bits per heavy atom. The Kier molecular flexibility index (Phi) is 2.35. The molecule has 0 unspecified atom stereocenters. The molecule has 0 spiro atoms. The predicted octanol–water partition coefficient (Wildman–Crippen LogP) is 2.62. The van der Waals surface area contributed by atoms with Gasteiger partial charge in [0.05, 0.1) is 5.02 Å². The molecule has 1 nitrogen and oxygen atoms in total. The summed E-state index contributed by atoms with van der Waals surface area (Å²) < 4.78 is 12.7. The van der Waals surface area contributed by atoms with E-state index >= 15 is 0 Å². The van der Waals surface area contributed by atoms with Crippen LogP contribution in [0, 0.1) is 5.82 Å². The summed E-state index contributed by atoms with van der Waals surface area (Å²) in [7, 11) is 0. The summed E-state index contributed by atoms with van der Waals surface area (Å²) in [6.07, 6.45) is 0.770. The van der Waals surface area contributed by atoms with Crippen molar-refractivity contribution in [3.8, 4) is 0 Å². The molecule has 60 valence electrons. The lowest BCUT2D eigenvalue weighted by atomic mass is 10.1. The fourth-order valence-corrected chi connectivity index (χ4v) is 1.10. The Bertz CT molecular complexity index is 273. The highest BCUT2D eigenvalue weighted by Crippen LogP contribution is 2.21. The minimum atomic E-state index is -0.457. The van der Waals surface area contributed by atoms with E-state index in [1.165, 1.54) is 6.07 Å². The highest BCUT2D eigenvalue weighted by atomic mass is 35.5. The van der Waals surface area contributed by atoms with E-state index in [-0.39, 0.29) is 5.02 Å². The molecule has 0 aliphatic carbocycles. The van der Waals surface area contributed by atoms with Gasteiger partial charge in [-0.3, -0.25) is 0 Å². The largest absolute Gasteiger partial charge is 0.398 e. The summed E-state index contributed by atoms with van der Waals surface area (Å²) in [5.41, 5.74) is 6.85. The van der Waals surface area contributed by atoms with Crippen LogP contribution in [-0.2, 0) is 6.42 Å². The number of halogens is 2. The zero-order valence-corrected chi connectivity index (χ0v) is 6.95. The Balaban J connectivity index is 3.21. The van der Waals surface area contributed by atoms with Gasteiger partial charge in [-0.15, -0.1) is 0 Å². The number of aryl methyl sites for hydroxylation is 1. The van der Waals surface area contributed by atoms with Gasteiger partial charge in [-0.25, -0.2) is 4.39 Å². The van der Waals surface area contributed by atoms with E-state index in [4.69, 9.17) is 17.3 Å². The van der Waals surface area contributed by atoms with Crippen molar-refractivity contribution in [2.24, 2.45) is 0 Å². The molecule has 0 heterocycles. The van der Waals surface area contributed by atoms with Crippen molar-refractivity contribution in [2.45, 2.75) is 13.3 Å². The van der Waals surface area contributed by atoms with Crippen LogP contribution in [0.2, 0.25) is 5.02 Å². The molecule has 3 heteroatoms. The summed E-state index contributed by atoms with van der Waals surface area (Å²) in [6.45, 7) is 1.94. The van der Waals surface area contributed by atoms with Gasteiger partial charge >= 0.3 is 0 Å². The Morgan fingerprint density at radius 1 is 1.55 bits per heavy atom. The average Bonchev–Trinajstić information content (AvgIpc) is 1.97. The first-order chi connectivity index (χ1) is 5.15. The zero-order chi connectivity index (χ0) is 8.43. The highest BCUT2D eigenvalue weighted by molar-refractivity contribution is 6.30. The van der Waals surface area contributed by atoms with Crippen molar-refractivity contribution in [3.05, 3.63) is 28.5 Å². The minimum absolute atomic E-state index is 0.135. The molecule has 0 aromatic heterocycles. The van der Waals surface area contributed by atoms with Crippen LogP contribution in [-0.4, -0.2) is 0 Å². The lowest BCUT2D eigenvalue weighted by Crippen LogP contribution is -1.94. The Hall–Kier alpha value is -0.760. The lowest BCUT2D eigenvalue weighted by Gasteiger charge is -2.03.